The number of ether oxygens (including phenoxy) is 1. The van der Waals surface area contributed by atoms with E-state index in [0.29, 0.717) is 29.0 Å². The molecular weight excluding hydrogens is 452 g/mol. The highest BCUT2D eigenvalue weighted by Crippen LogP contribution is 2.26. The molecule has 0 radical (unpaired) electrons. The van der Waals surface area contributed by atoms with E-state index in [1.807, 2.05) is 26.8 Å². The number of anilines is 1. The number of nitrogens with zero attached hydrogens (tertiary/aromatic N) is 5. The standard InChI is InChI=1S/C24H22N6O3S/c1-15-16(2)28-30(17(15)3)23-13-24(27-18(4)26-23)33-21-11-9-20(10-12-21)29-34(31,32)22-8-6-5-7-19(22)14-25/h5-13,29H,1-4H3. The lowest BCUT2D eigenvalue weighted by molar-refractivity contribution is 0.459. The Kier molecular flexibility index (Phi) is 6.04. The lowest BCUT2D eigenvalue weighted by atomic mass is 10.2. The van der Waals surface area contributed by atoms with Gasteiger partial charge in [-0.2, -0.15) is 15.3 Å². The molecule has 1 N–H and O–H groups in total. The number of nitrogens with one attached hydrogen (secondary N) is 1. The van der Waals surface area contributed by atoms with Gasteiger partial charge in [0.25, 0.3) is 10.0 Å². The third-order valence-corrected chi connectivity index (χ3v) is 6.74. The Morgan fingerprint density at radius 2 is 1.71 bits per heavy atom. The minimum absolute atomic E-state index is 0.0719. The molecule has 0 spiro atoms. The molecular formula is C24H22N6O3S. The molecule has 4 rings (SSSR count). The van der Waals surface area contributed by atoms with Gasteiger partial charge in [0, 0.05) is 17.4 Å². The van der Waals surface area contributed by atoms with Gasteiger partial charge in [-0.1, -0.05) is 12.1 Å². The van der Waals surface area contributed by atoms with Gasteiger partial charge < -0.3 is 4.74 Å². The van der Waals surface area contributed by atoms with Gasteiger partial charge in [0.05, 0.1) is 11.3 Å². The third kappa shape index (κ3) is 4.60. The maximum absolute atomic E-state index is 12.7. The van der Waals surface area contributed by atoms with Crippen LogP contribution in [0.15, 0.2) is 59.5 Å². The molecule has 4 aromatic rings. The summed E-state index contributed by atoms with van der Waals surface area (Å²) in [4.78, 5) is 8.72. The third-order valence-electron chi connectivity index (χ3n) is 5.30. The van der Waals surface area contributed by atoms with Crippen molar-refractivity contribution >= 4 is 15.7 Å². The van der Waals surface area contributed by atoms with Crippen molar-refractivity contribution in [2.45, 2.75) is 32.6 Å². The number of nitriles is 1. The normalized spacial score (nSPS) is 11.1. The number of hydrogen-bond acceptors (Lipinski definition) is 7. The zero-order valence-corrected chi connectivity index (χ0v) is 19.9. The largest absolute Gasteiger partial charge is 0.439 e. The van der Waals surface area contributed by atoms with Crippen molar-refractivity contribution in [3.05, 3.63) is 82.9 Å². The highest BCUT2D eigenvalue weighted by atomic mass is 32.2. The molecule has 172 valence electrons. The van der Waals surface area contributed by atoms with Gasteiger partial charge in [-0.3, -0.25) is 4.72 Å². The van der Waals surface area contributed by atoms with E-state index in [0.717, 1.165) is 17.0 Å². The van der Waals surface area contributed by atoms with Crippen LogP contribution in [0.3, 0.4) is 0 Å². The highest BCUT2D eigenvalue weighted by molar-refractivity contribution is 7.92. The molecule has 0 bridgehead atoms. The number of rotatable bonds is 6. The predicted octanol–water partition coefficient (Wildman–Crippen LogP) is 4.36. The number of benzene rings is 2. The van der Waals surface area contributed by atoms with Crippen molar-refractivity contribution in [3.63, 3.8) is 0 Å². The monoisotopic (exact) mass is 474 g/mol. The SMILES string of the molecule is Cc1nc(Oc2ccc(NS(=O)(=O)c3ccccc3C#N)cc2)cc(-n2nc(C)c(C)c2C)n1. The molecule has 2 heterocycles. The zero-order chi connectivity index (χ0) is 24.5. The average Bonchev–Trinajstić information content (AvgIpc) is 3.07. The Morgan fingerprint density at radius 1 is 1.00 bits per heavy atom. The molecule has 0 saturated carbocycles. The molecule has 2 aromatic heterocycles. The molecule has 0 atom stereocenters. The zero-order valence-electron chi connectivity index (χ0n) is 19.1. The van der Waals surface area contributed by atoms with Crippen LogP contribution in [-0.4, -0.2) is 28.2 Å². The molecule has 0 saturated heterocycles. The van der Waals surface area contributed by atoms with Crippen molar-refractivity contribution in [2.75, 3.05) is 4.72 Å². The molecule has 0 aliphatic heterocycles. The van der Waals surface area contributed by atoms with Gasteiger partial charge in [-0.15, -0.1) is 0 Å². The van der Waals surface area contributed by atoms with E-state index in [2.05, 4.69) is 19.8 Å². The first-order valence-electron chi connectivity index (χ1n) is 10.4. The summed E-state index contributed by atoms with van der Waals surface area (Å²) in [7, 11) is -3.92. The van der Waals surface area contributed by atoms with E-state index < -0.39 is 10.0 Å². The van der Waals surface area contributed by atoms with Crippen LogP contribution in [0.4, 0.5) is 5.69 Å². The number of hydrogen-bond donors (Lipinski definition) is 1. The fraction of sp³-hybridized carbons (Fsp3) is 0.167. The van der Waals surface area contributed by atoms with Crippen LogP contribution in [0, 0.1) is 39.0 Å². The van der Waals surface area contributed by atoms with Crippen molar-refractivity contribution in [1.29, 1.82) is 5.26 Å². The van der Waals surface area contributed by atoms with E-state index in [1.54, 1.807) is 54.1 Å². The topological polar surface area (TPSA) is 123 Å². The molecule has 0 amide bonds. The summed E-state index contributed by atoms with van der Waals surface area (Å²) < 4.78 is 35.5. The van der Waals surface area contributed by atoms with E-state index >= 15 is 0 Å². The first-order chi connectivity index (χ1) is 16.2. The van der Waals surface area contributed by atoms with Gasteiger partial charge in [-0.05, 0) is 69.7 Å². The summed E-state index contributed by atoms with van der Waals surface area (Å²) in [5.41, 5.74) is 3.40. The van der Waals surface area contributed by atoms with Crippen molar-refractivity contribution in [2.24, 2.45) is 0 Å². The highest BCUT2D eigenvalue weighted by Gasteiger charge is 2.18. The van der Waals surface area contributed by atoms with Crippen LogP contribution < -0.4 is 9.46 Å². The average molecular weight is 475 g/mol. The second-order valence-electron chi connectivity index (χ2n) is 7.66. The smallest absolute Gasteiger partial charge is 0.263 e. The van der Waals surface area contributed by atoms with E-state index in [4.69, 9.17) is 4.74 Å². The number of aryl methyl sites for hydroxylation is 2. The Balaban J connectivity index is 1.55. The van der Waals surface area contributed by atoms with Gasteiger partial charge in [0.15, 0.2) is 5.82 Å². The Morgan fingerprint density at radius 3 is 2.35 bits per heavy atom. The quantitative estimate of drug-likeness (QED) is 0.440. The first-order valence-corrected chi connectivity index (χ1v) is 11.8. The van der Waals surface area contributed by atoms with Crippen LogP contribution in [0.5, 0.6) is 11.6 Å². The van der Waals surface area contributed by atoms with E-state index in [-0.39, 0.29) is 10.5 Å². The molecule has 0 aliphatic rings. The molecule has 2 aromatic carbocycles. The summed E-state index contributed by atoms with van der Waals surface area (Å²) in [6.45, 7) is 7.70. The minimum Gasteiger partial charge on any atom is -0.439 e. The van der Waals surface area contributed by atoms with Crippen molar-refractivity contribution in [3.8, 4) is 23.5 Å². The Bertz CT molecular complexity index is 1520. The fourth-order valence-corrected chi connectivity index (χ4v) is 4.56. The second kappa shape index (κ2) is 8.96. The molecule has 0 unspecified atom stereocenters. The van der Waals surface area contributed by atoms with Gasteiger partial charge >= 0.3 is 0 Å². The predicted molar refractivity (Wildman–Crippen MR) is 127 cm³/mol. The summed E-state index contributed by atoms with van der Waals surface area (Å²) in [6, 6.07) is 16.0. The van der Waals surface area contributed by atoms with Crippen LogP contribution in [0.1, 0.15) is 28.3 Å². The Labute approximate surface area is 197 Å². The summed E-state index contributed by atoms with van der Waals surface area (Å²) >= 11 is 0. The van der Waals surface area contributed by atoms with Gasteiger partial charge in [0.1, 0.15) is 22.5 Å². The lowest BCUT2D eigenvalue weighted by Gasteiger charge is -2.11. The molecule has 0 fully saturated rings. The maximum Gasteiger partial charge on any atom is 0.263 e. The maximum atomic E-state index is 12.7. The van der Waals surface area contributed by atoms with Crippen LogP contribution in [-0.2, 0) is 10.0 Å². The van der Waals surface area contributed by atoms with Crippen LogP contribution >= 0.6 is 0 Å². The van der Waals surface area contributed by atoms with Crippen LogP contribution in [0.25, 0.3) is 5.82 Å². The van der Waals surface area contributed by atoms with E-state index in [1.165, 1.54) is 12.1 Å². The summed E-state index contributed by atoms with van der Waals surface area (Å²) in [6.07, 6.45) is 0. The Hall–Kier alpha value is -4.23. The summed E-state index contributed by atoms with van der Waals surface area (Å²) in [5.74, 6) is 1.92. The number of sulfonamides is 1. The molecule has 9 nitrogen and oxygen atoms in total. The fourth-order valence-electron chi connectivity index (χ4n) is 3.34. The summed E-state index contributed by atoms with van der Waals surface area (Å²) in [5, 5.41) is 13.7. The van der Waals surface area contributed by atoms with Crippen molar-refractivity contribution < 1.29 is 13.2 Å². The van der Waals surface area contributed by atoms with E-state index in [9.17, 15) is 13.7 Å². The minimum atomic E-state index is -3.92. The molecule has 10 heteroatoms. The van der Waals surface area contributed by atoms with Crippen molar-refractivity contribution in [1.82, 2.24) is 19.7 Å². The molecule has 34 heavy (non-hydrogen) atoms. The first kappa shape index (κ1) is 22.9. The van der Waals surface area contributed by atoms with Gasteiger partial charge in [-0.25, -0.2) is 18.1 Å². The van der Waals surface area contributed by atoms with Crippen LogP contribution in [0.2, 0.25) is 0 Å². The second-order valence-corrected chi connectivity index (χ2v) is 9.31. The lowest BCUT2D eigenvalue weighted by Crippen LogP contribution is -2.14. The molecule has 0 aliphatic carbocycles. The van der Waals surface area contributed by atoms with Gasteiger partial charge in [0.2, 0.25) is 5.88 Å². The number of aromatic nitrogens is 4.